The Kier molecular flexibility index (Phi) is 9.04. The second kappa shape index (κ2) is 13.0. The van der Waals surface area contributed by atoms with Crippen LogP contribution >= 0.6 is 0 Å². The molecule has 4 aromatic rings. The number of aromatic nitrogens is 1. The maximum Gasteiger partial charge on any atom is 0.339 e. The SMILES string of the molecule is [C-]#[N+]c1ccc(NCc2ncccc2-c2ccc(C(=O)NCC(C)C)cc2C(=O)OCc2ccccc2)cc1. The van der Waals surface area contributed by atoms with E-state index in [9.17, 15) is 9.59 Å². The molecular formula is C32H30N4O3. The third-order valence-corrected chi connectivity index (χ3v) is 6.02. The number of pyridine rings is 1. The molecule has 4 rings (SSSR count). The lowest BCUT2D eigenvalue weighted by Crippen LogP contribution is -2.27. The van der Waals surface area contributed by atoms with Gasteiger partial charge in [0.15, 0.2) is 5.69 Å². The molecule has 0 aliphatic rings. The van der Waals surface area contributed by atoms with Crippen LogP contribution in [0.1, 0.15) is 45.8 Å². The van der Waals surface area contributed by atoms with Crippen LogP contribution in [0, 0.1) is 12.5 Å². The van der Waals surface area contributed by atoms with Crippen molar-refractivity contribution in [3.63, 3.8) is 0 Å². The smallest absolute Gasteiger partial charge is 0.339 e. The Bertz CT molecular complexity index is 1480. The van der Waals surface area contributed by atoms with Crippen molar-refractivity contribution in [3.05, 3.63) is 125 Å². The Balaban J connectivity index is 1.65. The fraction of sp³-hybridized carbons (Fsp3) is 0.188. The van der Waals surface area contributed by atoms with Crippen LogP contribution in [0.3, 0.4) is 0 Å². The van der Waals surface area contributed by atoms with Crippen molar-refractivity contribution in [3.8, 4) is 11.1 Å². The summed E-state index contributed by atoms with van der Waals surface area (Å²) in [7, 11) is 0. The average Bonchev–Trinajstić information content (AvgIpc) is 2.98. The highest BCUT2D eigenvalue weighted by Gasteiger charge is 2.20. The molecule has 0 aliphatic carbocycles. The number of carbonyl (C=O) groups excluding carboxylic acids is 2. The molecule has 39 heavy (non-hydrogen) atoms. The van der Waals surface area contributed by atoms with Crippen LogP contribution in [0.25, 0.3) is 16.0 Å². The van der Waals surface area contributed by atoms with E-state index in [1.54, 1.807) is 36.5 Å². The fourth-order valence-electron chi connectivity index (χ4n) is 3.95. The van der Waals surface area contributed by atoms with Crippen molar-refractivity contribution >= 4 is 23.3 Å². The lowest BCUT2D eigenvalue weighted by molar-refractivity contribution is 0.0473. The number of nitrogens with one attached hydrogen (secondary N) is 2. The summed E-state index contributed by atoms with van der Waals surface area (Å²) in [6.45, 7) is 12.2. The number of carbonyl (C=O) groups is 2. The molecule has 1 amide bonds. The summed E-state index contributed by atoms with van der Waals surface area (Å²) in [4.78, 5) is 34.2. The molecule has 0 spiro atoms. The Labute approximate surface area is 228 Å². The highest BCUT2D eigenvalue weighted by Crippen LogP contribution is 2.29. The van der Waals surface area contributed by atoms with Gasteiger partial charge in [0.25, 0.3) is 5.91 Å². The first kappa shape index (κ1) is 27.1. The Morgan fingerprint density at radius 1 is 0.949 bits per heavy atom. The van der Waals surface area contributed by atoms with Crippen LogP contribution in [0.15, 0.2) is 91.1 Å². The van der Waals surface area contributed by atoms with Crippen molar-refractivity contribution in [1.82, 2.24) is 10.3 Å². The minimum atomic E-state index is -0.523. The summed E-state index contributed by atoms with van der Waals surface area (Å²) in [5.41, 5.74) is 5.06. The van der Waals surface area contributed by atoms with E-state index in [0.29, 0.717) is 41.4 Å². The molecule has 196 valence electrons. The maximum atomic E-state index is 13.4. The molecule has 0 aliphatic heterocycles. The highest BCUT2D eigenvalue weighted by molar-refractivity contribution is 6.02. The van der Waals surface area contributed by atoms with Crippen LogP contribution in [0.2, 0.25) is 0 Å². The zero-order valence-electron chi connectivity index (χ0n) is 22.0. The molecule has 2 N–H and O–H groups in total. The first-order chi connectivity index (χ1) is 18.9. The van der Waals surface area contributed by atoms with Crippen LogP contribution in [-0.2, 0) is 17.9 Å². The van der Waals surface area contributed by atoms with Crippen molar-refractivity contribution < 1.29 is 14.3 Å². The molecular weight excluding hydrogens is 488 g/mol. The summed E-state index contributed by atoms with van der Waals surface area (Å²) in [6.07, 6.45) is 1.70. The van der Waals surface area contributed by atoms with E-state index in [1.165, 1.54) is 0 Å². The number of anilines is 1. The minimum Gasteiger partial charge on any atom is -0.457 e. The van der Waals surface area contributed by atoms with Crippen LogP contribution < -0.4 is 10.6 Å². The van der Waals surface area contributed by atoms with Gasteiger partial charge in [0.1, 0.15) is 6.61 Å². The lowest BCUT2D eigenvalue weighted by atomic mass is 9.95. The van der Waals surface area contributed by atoms with E-state index < -0.39 is 5.97 Å². The molecule has 1 aromatic heterocycles. The molecule has 3 aromatic carbocycles. The number of hydrogen-bond donors (Lipinski definition) is 2. The number of ether oxygens (including phenoxy) is 1. The lowest BCUT2D eigenvalue weighted by Gasteiger charge is -2.16. The Morgan fingerprint density at radius 2 is 1.72 bits per heavy atom. The summed E-state index contributed by atoms with van der Waals surface area (Å²) >= 11 is 0. The number of nitrogens with zero attached hydrogens (tertiary/aromatic N) is 2. The third kappa shape index (κ3) is 7.30. The Hall–Kier alpha value is -4.96. The highest BCUT2D eigenvalue weighted by atomic mass is 16.5. The van der Waals surface area contributed by atoms with Crippen molar-refractivity contribution in [2.24, 2.45) is 5.92 Å². The quantitative estimate of drug-likeness (QED) is 0.181. The van der Waals surface area contributed by atoms with Crippen LogP contribution in [-0.4, -0.2) is 23.4 Å². The first-order valence-electron chi connectivity index (χ1n) is 12.7. The molecule has 7 nitrogen and oxygen atoms in total. The molecule has 0 unspecified atom stereocenters. The minimum absolute atomic E-state index is 0.116. The number of rotatable bonds is 10. The van der Waals surface area contributed by atoms with E-state index in [0.717, 1.165) is 22.5 Å². The van der Waals surface area contributed by atoms with Gasteiger partial charge >= 0.3 is 5.97 Å². The van der Waals surface area contributed by atoms with Crippen molar-refractivity contribution in [2.75, 3.05) is 11.9 Å². The topological polar surface area (TPSA) is 84.7 Å². The van der Waals surface area contributed by atoms with Gasteiger partial charge in [0, 0.05) is 29.6 Å². The molecule has 0 radical (unpaired) electrons. The molecule has 7 heteroatoms. The van der Waals surface area contributed by atoms with Gasteiger partial charge in [-0.3, -0.25) is 9.78 Å². The van der Waals surface area contributed by atoms with Gasteiger partial charge in [-0.15, -0.1) is 0 Å². The molecule has 0 atom stereocenters. The third-order valence-electron chi connectivity index (χ3n) is 6.02. The zero-order chi connectivity index (χ0) is 27.6. The van der Waals surface area contributed by atoms with Gasteiger partial charge in [0.2, 0.25) is 0 Å². The molecule has 0 saturated carbocycles. The second-order valence-electron chi connectivity index (χ2n) is 9.44. The normalized spacial score (nSPS) is 10.5. The number of esters is 1. The number of hydrogen-bond acceptors (Lipinski definition) is 5. The van der Waals surface area contributed by atoms with Gasteiger partial charge in [-0.05, 0) is 47.4 Å². The van der Waals surface area contributed by atoms with Crippen molar-refractivity contribution in [1.29, 1.82) is 0 Å². The van der Waals surface area contributed by atoms with Gasteiger partial charge < -0.3 is 15.4 Å². The van der Waals surface area contributed by atoms with Gasteiger partial charge in [-0.2, -0.15) is 0 Å². The van der Waals surface area contributed by atoms with Gasteiger partial charge in [-0.1, -0.05) is 68.4 Å². The standard InChI is InChI=1S/C32H30N4O3/c1-22(2)19-36-31(37)24-11-16-27(29(18-24)32(38)39-21-23-8-5-4-6-9-23)28-10-7-17-34-30(28)20-35-26-14-12-25(33-3)13-15-26/h4-18,22,35H,19-21H2,1-2H3,(H,36,37). The molecule has 0 fully saturated rings. The summed E-state index contributed by atoms with van der Waals surface area (Å²) < 4.78 is 5.67. The van der Waals surface area contributed by atoms with Crippen molar-refractivity contribution in [2.45, 2.75) is 27.0 Å². The monoisotopic (exact) mass is 518 g/mol. The average molecular weight is 519 g/mol. The zero-order valence-corrected chi connectivity index (χ0v) is 22.0. The van der Waals surface area contributed by atoms with Crippen LogP contribution in [0.5, 0.6) is 0 Å². The van der Waals surface area contributed by atoms with Gasteiger partial charge in [-0.25, -0.2) is 9.64 Å². The van der Waals surface area contributed by atoms with E-state index in [2.05, 4.69) is 20.5 Å². The van der Waals surface area contributed by atoms with Crippen LogP contribution in [0.4, 0.5) is 11.4 Å². The number of benzene rings is 3. The van der Waals surface area contributed by atoms with E-state index >= 15 is 0 Å². The fourth-order valence-corrected chi connectivity index (χ4v) is 3.95. The van der Waals surface area contributed by atoms with E-state index in [1.807, 2.05) is 68.4 Å². The molecule has 1 heterocycles. The van der Waals surface area contributed by atoms with E-state index in [4.69, 9.17) is 11.3 Å². The summed E-state index contributed by atoms with van der Waals surface area (Å²) in [5.74, 6) is -0.472. The Morgan fingerprint density at radius 3 is 2.44 bits per heavy atom. The predicted octanol–water partition coefficient (Wildman–Crippen LogP) is 6.65. The number of amides is 1. The maximum absolute atomic E-state index is 13.4. The van der Waals surface area contributed by atoms with Gasteiger partial charge in [0.05, 0.1) is 24.4 Å². The summed E-state index contributed by atoms with van der Waals surface area (Å²) in [5, 5.41) is 6.24. The summed E-state index contributed by atoms with van der Waals surface area (Å²) in [6, 6.07) is 25.4. The van der Waals surface area contributed by atoms with E-state index in [-0.39, 0.29) is 12.5 Å². The largest absolute Gasteiger partial charge is 0.457 e. The second-order valence-corrected chi connectivity index (χ2v) is 9.44. The molecule has 0 bridgehead atoms. The first-order valence-corrected chi connectivity index (χ1v) is 12.7. The predicted molar refractivity (Wildman–Crippen MR) is 152 cm³/mol. The molecule has 0 saturated heterocycles.